The van der Waals surface area contributed by atoms with Crippen molar-refractivity contribution in [2.24, 2.45) is 0 Å². The fourth-order valence-electron chi connectivity index (χ4n) is 1.76. The van der Waals surface area contributed by atoms with Crippen LogP contribution < -0.4 is 9.47 Å². The van der Waals surface area contributed by atoms with Gasteiger partial charge in [-0.2, -0.15) is 36.1 Å². The molecule has 0 saturated carbocycles. The van der Waals surface area contributed by atoms with E-state index in [2.05, 4.69) is 14.9 Å². The van der Waals surface area contributed by atoms with E-state index in [4.69, 9.17) is 4.74 Å². The molecule has 0 aliphatic rings. The van der Waals surface area contributed by atoms with Crippen LogP contribution in [-0.4, -0.2) is 33.7 Å². The Balaban J connectivity index is 2.70. The zero-order chi connectivity index (χ0) is 17.4. The molecule has 23 heavy (non-hydrogen) atoms. The third-order valence-corrected chi connectivity index (χ3v) is 2.66. The lowest BCUT2D eigenvalue weighted by Crippen LogP contribution is -2.13. The minimum atomic E-state index is -4.91. The number of aromatic nitrogens is 4. The molecule has 128 valence electrons. The van der Waals surface area contributed by atoms with Gasteiger partial charge in [-0.05, 0) is 6.92 Å². The molecule has 0 aliphatic heterocycles. The normalized spacial score (nSPS) is 12.5. The molecular formula is C11H10F6N4O2. The number of methoxy groups -OCH3 is 1. The molecule has 0 bridgehead atoms. The van der Waals surface area contributed by atoms with Crippen LogP contribution in [0.25, 0.3) is 5.69 Å². The Morgan fingerprint density at radius 3 is 2.30 bits per heavy atom. The molecule has 2 aromatic heterocycles. The topological polar surface area (TPSA) is 65.0 Å². The average molecular weight is 344 g/mol. The molecule has 2 aromatic rings. The minimum Gasteiger partial charge on any atom is -0.481 e. The second-order valence-electron chi connectivity index (χ2n) is 4.16. The van der Waals surface area contributed by atoms with E-state index in [0.29, 0.717) is 10.7 Å². The molecular weight excluding hydrogens is 334 g/mol. The van der Waals surface area contributed by atoms with E-state index in [1.54, 1.807) is 5.10 Å². The summed E-state index contributed by atoms with van der Waals surface area (Å²) in [6.07, 6.45) is -9.76. The number of nitrogens with one attached hydrogen (secondary N) is 1. The highest BCUT2D eigenvalue weighted by molar-refractivity contribution is 5.49. The van der Waals surface area contributed by atoms with Gasteiger partial charge in [-0.25, -0.2) is 0 Å². The first-order valence-corrected chi connectivity index (χ1v) is 6.09. The Labute approximate surface area is 125 Å². The van der Waals surface area contributed by atoms with Crippen molar-refractivity contribution in [3.05, 3.63) is 17.5 Å². The van der Waals surface area contributed by atoms with Crippen LogP contribution in [0, 0.1) is 0 Å². The van der Waals surface area contributed by atoms with Gasteiger partial charge in [0.25, 0.3) is 5.88 Å². The summed E-state index contributed by atoms with van der Waals surface area (Å²) in [5.41, 5.74) is -3.63. The van der Waals surface area contributed by atoms with Crippen molar-refractivity contribution in [1.82, 2.24) is 20.0 Å². The van der Waals surface area contributed by atoms with Crippen molar-refractivity contribution in [1.29, 1.82) is 0 Å². The standard InChI is InChI=1S/C11H10F6N4O2/c1-3-23-9-7(8(18-19-9)11(15,16)17)21-6(22-2)4-5(20-21)10(12,13)14/h4H,3H2,1-2H3,(H,18,19). The maximum absolute atomic E-state index is 13.0. The van der Waals surface area contributed by atoms with E-state index in [0.717, 1.165) is 7.11 Å². The second-order valence-corrected chi connectivity index (χ2v) is 4.16. The van der Waals surface area contributed by atoms with Crippen LogP contribution in [0.1, 0.15) is 18.3 Å². The fourth-order valence-corrected chi connectivity index (χ4v) is 1.76. The zero-order valence-corrected chi connectivity index (χ0v) is 11.7. The summed E-state index contributed by atoms with van der Waals surface area (Å²) in [5, 5.41) is 8.17. The van der Waals surface area contributed by atoms with Gasteiger partial charge in [0.2, 0.25) is 5.88 Å². The Kier molecular flexibility index (Phi) is 4.18. The molecule has 0 saturated heterocycles. The first-order valence-electron chi connectivity index (χ1n) is 6.09. The molecule has 0 radical (unpaired) electrons. The number of hydrogen-bond acceptors (Lipinski definition) is 4. The molecule has 12 heteroatoms. The molecule has 0 amide bonds. The van der Waals surface area contributed by atoms with Gasteiger partial charge in [0.05, 0.1) is 13.7 Å². The second kappa shape index (κ2) is 5.66. The molecule has 0 aromatic carbocycles. The highest BCUT2D eigenvalue weighted by Crippen LogP contribution is 2.39. The number of aromatic amines is 1. The van der Waals surface area contributed by atoms with Gasteiger partial charge in [-0.3, -0.25) is 5.10 Å². The monoisotopic (exact) mass is 344 g/mol. The highest BCUT2D eigenvalue weighted by atomic mass is 19.4. The largest absolute Gasteiger partial charge is 0.481 e. The van der Waals surface area contributed by atoms with Crippen molar-refractivity contribution in [2.45, 2.75) is 19.3 Å². The maximum Gasteiger partial charge on any atom is 0.435 e. The summed E-state index contributed by atoms with van der Waals surface area (Å²) in [5.74, 6) is -1.10. The molecule has 0 unspecified atom stereocenters. The van der Waals surface area contributed by atoms with E-state index in [-0.39, 0.29) is 6.61 Å². The highest BCUT2D eigenvalue weighted by Gasteiger charge is 2.42. The van der Waals surface area contributed by atoms with Gasteiger partial charge in [0.15, 0.2) is 17.1 Å². The number of hydrogen-bond donors (Lipinski definition) is 1. The van der Waals surface area contributed by atoms with Gasteiger partial charge in [-0.1, -0.05) is 0 Å². The summed E-state index contributed by atoms with van der Waals surface area (Å²) in [6, 6.07) is 0.475. The summed E-state index contributed by atoms with van der Waals surface area (Å²) in [4.78, 5) is 0. The van der Waals surface area contributed by atoms with E-state index in [1.807, 2.05) is 0 Å². The summed E-state index contributed by atoms with van der Waals surface area (Å²) < 4.78 is 87.3. The zero-order valence-electron chi connectivity index (χ0n) is 11.7. The Morgan fingerprint density at radius 1 is 1.17 bits per heavy atom. The lowest BCUT2D eigenvalue weighted by atomic mass is 10.3. The minimum absolute atomic E-state index is 0.0507. The number of alkyl halides is 6. The van der Waals surface area contributed by atoms with E-state index in [9.17, 15) is 26.3 Å². The predicted octanol–water partition coefficient (Wildman–Crippen LogP) is 3.04. The fraction of sp³-hybridized carbons (Fsp3) is 0.455. The van der Waals surface area contributed by atoms with Crippen LogP contribution in [0.15, 0.2) is 6.07 Å². The first-order chi connectivity index (χ1) is 10.6. The number of nitrogens with zero attached hydrogens (tertiary/aromatic N) is 3. The lowest BCUT2D eigenvalue weighted by Gasteiger charge is -2.10. The van der Waals surface area contributed by atoms with Gasteiger partial charge in [0.1, 0.15) is 0 Å². The Bertz CT molecular complexity index is 688. The molecule has 0 spiro atoms. The Morgan fingerprint density at radius 2 is 1.83 bits per heavy atom. The van der Waals surface area contributed by atoms with Crippen LogP contribution in [0.2, 0.25) is 0 Å². The third kappa shape index (κ3) is 3.19. The van der Waals surface area contributed by atoms with Gasteiger partial charge >= 0.3 is 12.4 Å². The number of rotatable bonds is 4. The van der Waals surface area contributed by atoms with Gasteiger partial charge < -0.3 is 9.47 Å². The van der Waals surface area contributed by atoms with Gasteiger partial charge in [-0.15, -0.1) is 5.10 Å². The Hall–Kier alpha value is -2.40. The van der Waals surface area contributed by atoms with Crippen LogP contribution in [-0.2, 0) is 12.4 Å². The van der Waals surface area contributed by atoms with E-state index >= 15 is 0 Å². The van der Waals surface area contributed by atoms with E-state index in [1.165, 1.54) is 6.92 Å². The van der Waals surface area contributed by atoms with Crippen molar-refractivity contribution in [3.8, 4) is 17.4 Å². The lowest BCUT2D eigenvalue weighted by molar-refractivity contribution is -0.141. The summed E-state index contributed by atoms with van der Waals surface area (Å²) in [7, 11) is 1.00. The molecule has 6 nitrogen and oxygen atoms in total. The van der Waals surface area contributed by atoms with Crippen LogP contribution in [0.5, 0.6) is 11.8 Å². The number of halogens is 6. The quantitative estimate of drug-likeness (QED) is 0.866. The number of H-pyrrole nitrogens is 1. The van der Waals surface area contributed by atoms with Crippen molar-refractivity contribution >= 4 is 0 Å². The molecule has 0 fully saturated rings. The molecule has 2 heterocycles. The van der Waals surface area contributed by atoms with Crippen molar-refractivity contribution in [3.63, 3.8) is 0 Å². The average Bonchev–Trinajstić information content (AvgIpc) is 3.00. The first kappa shape index (κ1) is 17.0. The number of ether oxygens (including phenoxy) is 2. The van der Waals surface area contributed by atoms with Crippen molar-refractivity contribution in [2.75, 3.05) is 13.7 Å². The summed E-state index contributed by atoms with van der Waals surface area (Å²) in [6.45, 7) is 1.43. The smallest absolute Gasteiger partial charge is 0.435 e. The van der Waals surface area contributed by atoms with Crippen LogP contribution >= 0.6 is 0 Å². The molecule has 1 N–H and O–H groups in total. The third-order valence-electron chi connectivity index (χ3n) is 2.66. The van der Waals surface area contributed by atoms with Crippen LogP contribution in [0.3, 0.4) is 0 Å². The molecule has 0 aliphatic carbocycles. The SMILES string of the molecule is CCOc1n[nH]c(C(F)(F)F)c1-n1nc(C(F)(F)F)cc1OC. The predicted molar refractivity (Wildman–Crippen MR) is 63.4 cm³/mol. The molecule has 0 atom stereocenters. The van der Waals surface area contributed by atoms with Gasteiger partial charge in [0, 0.05) is 6.07 Å². The maximum atomic E-state index is 13.0. The molecule has 2 rings (SSSR count). The van der Waals surface area contributed by atoms with Crippen molar-refractivity contribution < 1.29 is 35.8 Å². The summed E-state index contributed by atoms with van der Waals surface area (Å²) >= 11 is 0. The van der Waals surface area contributed by atoms with Crippen LogP contribution in [0.4, 0.5) is 26.3 Å². The van der Waals surface area contributed by atoms with E-state index < -0.39 is 41.2 Å².